The van der Waals surface area contributed by atoms with Gasteiger partial charge in [0.25, 0.3) is 17.7 Å². The first kappa shape index (κ1) is 21.5. The average Bonchev–Trinajstić information content (AvgIpc) is 2.93. The molecule has 10 nitrogen and oxygen atoms in total. The van der Waals surface area contributed by atoms with E-state index < -0.39 is 35.6 Å². The van der Waals surface area contributed by atoms with Crippen LogP contribution in [0.4, 0.5) is 11.4 Å². The average molecular weight is 460 g/mol. The fraction of sp³-hybridized carbons (Fsp3) is 0.250. The summed E-state index contributed by atoms with van der Waals surface area (Å²) in [6.07, 6.45) is 1.93. The van der Waals surface area contributed by atoms with Crippen LogP contribution in [0, 0.1) is 0 Å². The zero-order valence-electron chi connectivity index (χ0n) is 18.0. The number of aryl methyl sites for hydroxylation is 1. The molecule has 2 aromatic carbocycles. The van der Waals surface area contributed by atoms with Gasteiger partial charge < -0.3 is 10.6 Å². The molecule has 0 spiro atoms. The highest BCUT2D eigenvalue weighted by atomic mass is 16.2. The van der Waals surface area contributed by atoms with Gasteiger partial charge in [0.2, 0.25) is 17.7 Å². The summed E-state index contributed by atoms with van der Waals surface area (Å²) < 4.78 is 0. The number of anilines is 2. The number of carbonyl (C=O) groups excluding carboxylic acids is 6. The van der Waals surface area contributed by atoms with E-state index in [0.717, 1.165) is 23.3 Å². The van der Waals surface area contributed by atoms with E-state index in [-0.39, 0.29) is 35.4 Å². The monoisotopic (exact) mass is 460 g/mol. The van der Waals surface area contributed by atoms with Crippen molar-refractivity contribution in [2.45, 2.75) is 38.1 Å². The van der Waals surface area contributed by atoms with E-state index in [1.807, 2.05) is 6.07 Å². The summed E-state index contributed by atoms with van der Waals surface area (Å²) in [5.74, 6) is -3.33. The van der Waals surface area contributed by atoms with Gasteiger partial charge in [0.15, 0.2) is 0 Å². The second-order valence-electron chi connectivity index (χ2n) is 8.40. The molecule has 0 saturated carbocycles. The van der Waals surface area contributed by atoms with Crippen LogP contribution in [0.2, 0.25) is 0 Å². The van der Waals surface area contributed by atoms with Gasteiger partial charge in [0.05, 0.1) is 16.7 Å². The molecule has 1 unspecified atom stereocenters. The summed E-state index contributed by atoms with van der Waals surface area (Å²) in [6.45, 7) is 0. The molecule has 2 aromatic rings. The van der Waals surface area contributed by atoms with Gasteiger partial charge >= 0.3 is 0 Å². The molecule has 10 heteroatoms. The van der Waals surface area contributed by atoms with Gasteiger partial charge in [0, 0.05) is 24.2 Å². The molecule has 3 heterocycles. The van der Waals surface area contributed by atoms with Crippen molar-refractivity contribution in [3.05, 3.63) is 58.7 Å². The number of imide groups is 2. The highest BCUT2D eigenvalue weighted by Gasteiger charge is 2.46. The maximum atomic E-state index is 13.2. The fourth-order valence-electron chi connectivity index (χ4n) is 4.54. The van der Waals surface area contributed by atoms with E-state index in [2.05, 4.69) is 16.0 Å². The Labute approximate surface area is 193 Å². The Kier molecular flexibility index (Phi) is 5.20. The topological polar surface area (TPSA) is 142 Å². The Morgan fingerprint density at radius 1 is 0.912 bits per heavy atom. The van der Waals surface area contributed by atoms with Crippen molar-refractivity contribution in [1.29, 1.82) is 0 Å². The molecule has 0 radical (unpaired) electrons. The highest BCUT2D eigenvalue weighted by molar-refractivity contribution is 6.27. The Morgan fingerprint density at radius 2 is 1.71 bits per heavy atom. The van der Waals surface area contributed by atoms with Crippen molar-refractivity contribution >= 4 is 46.8 Å². The maximum absolute atomic E-state index is 13.2. The van der Waals surface area contributed by atoms with Crippen molar-refractivity contribution in [3.8, 4) is 0 Å². The number of nitrogens with one attached hydrogen (secondary N) is 3. The van der Waals surface area contributed by atoms with Gasteiger partial charge in [-0.3, -0.25) is 39.0 Å². The zero-order chi connectivity index (χ0) is 24.0. The lowest BCUT2D eigenvalue weighted by Gasteiger charge is -2.27. The van der Waals surface area contributed by atoms with E-state index in [4.69, 9.17) is 0 Å². The number of rotatable bonds is 3. The van der Waals surface area contributed by atoms with Crippen molar-refractivity contribution in [2.24, 2.45) is 0 Å². The molecular weight excluding hydrogens is 440 g/mol. The molecular formula is C24H20N4O6. The molecule has 1 fully saturated rings. The predicted octanol–water partition coefficient (Wildman–Crippen LogP) is 1.61. The van der Waals surface area contributed by atoms with E-state index in [0.29, 0.717) is 17.8 Å². The minimum Gasteiger partial charge on any atom is -0.326 e. The van der Waals surface area contributed by atoms with E-state index in [1.54, 1.807) is 12.1 Å². The summed E-state index contributed by atoms with van der Waals surface area (Å²) in [7, 11) is 0. The van der Waals surface area contributed by atoms with E-state index in [1.165, 1.54) is 18.2 Å². The molecule has 3 N–H and O–H groups in total. The lowest BCUT2D eigenvalue weighted by atomic mass is 10.0. The van der Waals surface area contributed by atoms with Gasteiger partial charge in [-0.15, -0.1) is 0 Å². The molecule has 1 atom stereocenters. The van der Waals surface area contributed by atoms with Gasteiger partial charge in [-0.05, 0) is 49.1 Å². The number of nitrogens with zero attached hydrogens (tertiary/aromatic N) is 1. The van der Waals surface area contributed by atoms with Crippen molar-refractivity contribution in [2.75, 3.05) is 10.6 Å². The van der Waals surface area contributed by atoms with Gasteiger partial charge in [-0.25, -0.2) is 0 Å². The number of amides is 6. The van der Waals surface area contributed by atoms with Crippen LogP contribution in [0.3, 0.4) is 0 Å². The van der Waals surface area contributed by atoms with Gasteiger partial charge in [-0.1, -0.05) is 12.1 Å². The summed E-state index contributed by atoms with van der Waals surface area (Å²) in [5.41, 5.74) is 1.93. The third kappa shape index (κ3) is 3.62. The molecule has 172 valence electrons. The molecule has 3 aliphatic heterocycles. The summed E-state index contributed by atoms with van der Waals surface area (Å²) >= 11 is 0. The van der Waals surface area contributed by atoms with E-state index in [9.17, 15) is 28.8 Å². The molecule has 0 aliphatic carbocycles. The second-order valence-corrected chi connectivity index (χ2v) is 8.40. The van der Waals surface area contributed by atoms with Gasteiger partial charge in [0.1, 0.15) is 6.04 Å². The minimum absolute atomic E-state index is 0.00597. The lowest BCUT2D eigenvalue weighted by molar-refractivity contribution is -0.136. The van der Waals surface area contributed by atoms with Gasteiger partial charge in [-0.2, -0.15) is 0 Å². The van der Waals surface area contributed by atoms with Crippen LogP contribution in [0.5, 0.6) is 0 Å². The first-order valence-corrected chi connectivity index (χ1v) is 10.9. The zero-order valence-corrected chi connectivity index (χ0v) is 18.0. The first-order chi connectivity index (χ1) is 16.3. The Morgan fingerprint density at radius 3 is 2.50 bits per heavy atom. The molecule has 34 heavy (non-hydrogen) atoms. The third-order valence-electron chi connectivity index (χ3n) is 6.20. The number of fused-ring (bicyclic) bond motifs is 2. The van der Waals surface area contributed by atoms with Crippen LogP contribution >= 0.6 is 0 Å². The molecule has 5 rings (SSSR count). The van der Waals surface area contributed by atoms with E-state index >= 15 is 0 Å². The van der Waals surface area contributed by atoms with Crippen LogP contribution in [0.1, 0.15) is 62.3 Å². The SMILES string of the molecule is O=C1CCC(N2C(=O)c3cccc(C(=O)Nc4ccc5c(c4)NC(=O)CCC5)c3C2=O)C(=O)N1. The molecule has 3 aliphatic rings. The van der Waals surface area contributed by atoms with Crippen LogP contribution in [0.15, 0.2) is 36.4 Å². The maximum Gasteiger partial charge on any atom is 0.263 e. The van der Waals surface area contributed by atoms with Crippen LogP contribution in [-0.2, 0) is 20.8 Å². The molecule has 0 bridgehead atoms. The Bertz CT molecular complexity index is 1300. The Balaban J connectivity index is 1.42. The summed E-state index contributed by atoms with van der Waals surface area (Å²) in [5, 5.41) is 7.69. The quantitative estimate of drug-likeness (QED) is 0.594. The normalized spacial score (nSPS) is 19.7. The largest absolute Gasteiger partial charge is 0.326 e. The number of benzene rings is 2. The summed E-state index contributed by atoms with van der Waals surface area (Å²) in [6, 6.07) is 8.42. The first-order valence-electron chi connectivity index (χ1n) is 10.9. The minimum atomic E-state index is -1.12. The van der Waals surface area contributed by atoms with Crippen molar-refractivity contribution < 1.29 is 28.8 Å². The third-order valence-corrected chi connectivity index (χ3v) is 6.20. The lowest BCUT2D eigenvalue weighted by Crippen LogP contribution is -2.54. The number of carbonyl (C=O) groups is 6. The van der Waals surface area contributed by atoms with Crippen molar-refractivity contribution in [1.82, 2.24) is 10.2 Å². The fourth-order valence-corrected chi connectivity index (χ4v) is 4.54. The number of hydrogen-bond donors (Lipinski definition) is 3. The molecule has 6 amide bonds. The second kappa shape index (κ2) is 8.22. The molecule has 0 aromatic heterocycles. The predicted molar refractivity (Wildman–Crippen MR) is 119 cm³/mol. The number of hydrogen-bond acceptors (Lipinski definition) is 6. The van der Waals surface area contributed by atoms with Crippen molar-refractivity contribution in [3.63, 3.8) is 0 Å². The van der Waals surface area contributed by atoms with Crippen LogP contribution < -0.4 is 16.0 Å². The standard InChI is InChI=1S/C24H20N4O6/c29-18-6-1-3-12-7-8-13(11-16(12)26-18)25-21(31)14-4-2-5-15-20(14)24(34)28(23(15)33)17-9-10-19(30)27-22(17)32/h2,4-5,7-8,11,17H,1,3,6,9-10H2,(H,25,31)(H,26,29)(H,27,30,32). The summed E-state index contributed by atoms with van der Waals surface area (Å²) in [4.78, 5) is 75.7. The highest BCUT2D eigenvalue weighted by Crippen LogP contribution is 2.31. The Hall–Kier alpha value is -4.34. The molecule has 1 saturated heterocycles. The smallest absolute Gasteiger partial charge is 0.263 e. The van der Waals surface area contributed by atoms with Crippen LogP contribution in [0.25, 0.3) is 0 Å². The van der Waals surface area contributed by atoms with Crippen LogP contribution in [-0.4, -0.2) is 46.4 Å². The number of piperidine rings is 1.